The number of nitrogens with one attached hydrogen (secondary N) is 1. The van der Waals surface area contributed by atoms with E-state index in [2.05, 4.69) is 15.4 Å². The molecule has 0 atom stereocenters. The van der Waals surface area contributed by atoms with Crippen molar-refractivity contribution in [3.05, 3.63) is 93.7 Å². The minimum Gasteiger partial charge on any atom is -0.350 e. The van der Waals surface area contributed by atoms with Crippen molar-refractivity contribution in [2.75, 3.05) is 6.54 Å². The van der Waals surface area contributed by atoms with Crippen LogP contribution < -0.4 is 10.9 Å². The maximum atomic E-state index is 12.9. The molecule has 7 nitrogen and oxygen atoms in total. The molecule has 0 aliphatic rings. The van der Waals surface area contributed by atoms with Crippen molar-refractivity contribution in [3.8, 4) is 0 Å². The van der Waals surface area contributed by atoms with Gasteiger partial charge in [0, 0.05) is 12.1 Å². The lowest BCUT2D eigenvalue weighted by Gasteiger charge is -2.09. The molecule has 4 aromatic rings. The summed E-state index contributed by atoms with van der Waals surface area (Å²) in [6, 6.07) is 15.4. The molecule has 0 fully saturated rings. The standard InChI is InChI=1S/C23H23N5O2/c1-16-6-5-9-18(12-16)22(29)24-10-11-28-21-20(13-26-28)23(30)27(15-25-21)14-19-8-4-3-7-17(19)2/h3-9,12-13,15H,10-11,14H2,1-2H3,(H,24,29). The maximum absolute atomic E-state index is 12.9. The van der Waals surface area contributed by atoms with Crippen LogP contribution in [0.15, 0.2) is 65.8 Å². The van der Waals surface area contributed by atoms with E-state index >= 15 is 0 Å². The summed E-state index contributed by atoms with van der Waals surface area (Å²) in [5.74, 6) is -0.135. The van der Waals surface area contributed by atoms with Gasteiger partial charge in [0.05, 0.1) is 19.3 Å². The van der Waals surface area contributed by atoms with Crippen LogP contribution in [0.2, 0.25) is 0 Å². The zero-order valence-electron chi connectivity index (χ0n) is 17.0. The molecule has 2 aromatic heterocycles. The van der Waals surface area contributed by atoms with E-state index in [1.54, 1.807) is 27.8 Å². The summed E-state index contributed by atoms with van der Waals surface area (Å²) in [6.45, 7) is 5.25. The number of carbonyl (C=O) groups excluding carboxylic acids is 1. The molecular formula is C23H23N5O2. The summed E-state index contributed by atoms with van der Waals surface area (Å²) in [7, 11) is 0. The van der Waals surface area contributed by atoms with Crippen LogP contribution in [0.5, 0.6) is 0 Å². The number of aromatic nitrogens is 4. The van der Waals surface area contributed by atoms with Crippen LogP contribution in [0.4, 0.5) is 0 Å². The van der Waals surface area contributed by atoms with Crippen LogP contribution in [0.25, 0.3) is 11.0 Å². The lowest BCUT2D eigenvalue weighted by molar-refractivity contribution is 0.0952. The van der Waals surface area contributed by atoms with Crippen LogP contribution in [0, 0.1) is 13.8 Å². The van der Waals surface area contributed by atoms with Gasteiger partial charge in [0.25, 0.3) is 11.5 Å². The molecule has 0 aliphatic carbocycles. The van der Waals surface area contributed by atoms with Crippen molar-refractivity contribution < 1.29 is 4.79 Å². The Bertz CT molecular complexity index is 1270. The summed E-state index contributed by atoms with van der Waals surface area (Å²) in [5, 5.41) is 7.65. The van der Waals surface area contributed by atoms with Crippen LogP contribution in [-0.4, -0.2) is 31.8 Å². The number of amides is 1. The fourth-order valence-corrected chi connectivity index (χ4v) is 3.41. The maximum Gasteiger partial charge on any atom is 0.264 e. The SMILES string of the molecule is Cc1cccc(C(=O)NCCn2ncc3c(=O)n(Cc4ccccc4C)cnc32)c1. The van der Waals surface area contributed by atoms with Gasteiger partial charge < -0.3 is 5.32 Å². The van der Waals surface area contributed by atoms with E-state index in [-0.39, 0.29) is 11.5 Å². The van der Waals surface area contributed by atoms with Crippen molar-refractivity contribution in [3.63, 3.8) is 0 Å². The van der Waals surface area contributed by atoms with Gasteiger partial charge >= 0.3 is 0 Å². The van der Waals surface area contributed by atoms with E-state index in [1.165, 1.54) is 0 Å². The molecule has 7 heteroatoms. The van der Waals surface area contributed by atoms with Crippen molar-refractivity contribution in [1.29, 1.82) is 0 Å². The molecule has 0 saturated carbocycles. The second kappa shape index (κ2) is 8.32. The van der Waals surface area contributed by atoms with Crippen molar-refractivity contribution in [1.82, 2.24) is 24.6 Å². The third-order valence-corrected chi connectivity index (χ3v) is 5.11. The third-order valence-electron chi connectivity index (χ3n) is 5.11. The smallest absolute Gasteiger partial charge is 0.264 e. The molecule has 30 heavy (non-hydrogen) atoms. The first-order valence-electron chi connectivity index (χ1n) is 9.83. The second-order valence-electron chi connectivity index (χ2n) is 7.33. The Hall–Kier alpha value is -3.74. The van der Waals surface area contributed by atoms with Gasteiger partial charge in [0.15, 0.2) is 5.65 Å². The average molecular weight is 401 g/mol. The molecule has 2 aromatic carbocycles. The Morgan fingerprint density at radius 1 is 1.10 bits per heavy atom. The van der Waals surface area contributed by atoms with E-state index < -0.39 is 0 Å². The fraction of sp³-hybridized carbons (Fsp3) is 0.217. The van der Waals surface area contributed by atoms with Gasteiger partial charge in [-0.05, 0) is 37.1 Å². The van der Waals surface area contributed by atoms with Gasteiger partial charge in [0.2, 0.25) is 0 Å². The monoisotopic (exact) mass is 401 g/mol. The van der Waals surface area contributed by atoms with Crippen LogP contribution in [0.3, 0.4) is 0 Å². The second-order valence-corrected chi connectivity index (χ2v) is 7.33. The Morgan fingerprint density at radius 2 is 1.93 bits per heavy atom. The molecule has 0 unspecified atom stereocenters. The summed E-state index contributed by atoms with van der Waals surface area (Å²) >= 11 is 0. The number of aryl methyl sites for hydroxylation is 2. The lowest BCUT2D eigenvalue weighted by Crippen LogP contribution is -2.27. The lowest BCUT2D eigenvalue weighted by atomic mass is 10.1. The van der Waals surface area contributed by atoms with E-state index in [0.717, 1.165) is 16.7 Å². The normalized spacial score (nSPS) is 11.0. The first kappa shape index (κ1) is 19.6. The highest BCUT2D eigenvalue weighted by Gasteiger charge is 2.12. The van der Waals surface area contributed by atoms with Crippen LogP contribution in [0.1, 0.15) is 27.0 Å². The summed E-state index contributed by atoms with van der Waals surface area (Å²) in [5.41, 5.74) is 4.25. The zero-order valence-corrected chi connectivity index (χ0v) is 17.0. The highest BCUT2D eigenvalue weighted by molar-refractivity contribution is 5.94. The van der Waals surface area contributed by atoms with E-state index in [4.69, 9.17) is 0 Å². The largest absolute Gasteiger partial charge is 0.350 e. The highest BCUT2D eigenvalue weighted by atomic mass is 16.1. The fourth-order valence-electron chi connectivity index (χ4n) is 3.41. The average Bonchev–Trinajstić information content (AvgIpc) is 3.15. The van der Waals surface area contributed by atoms with Gasteiger partial charge in [0.1, 0.15) is 11.7 Å². The number of rotatable bonds is 6. The van der Waals surface area contributed by atoms with Crippen molar-refractivity contribution >= 4 is 16.9 Å². The Labute approximate surface area is 174 Å². The van der Waals surface area contributed by atoms with Crippen LogP contribution in [-0.2, 0) is 13.1 Å². The van der Waals surface area contributed by atoms with E-state index in [0.29, 0.717) is 36.2 Å². The number of nitrogens with zero attached hydrogens (tertiary/aromatic N) is 4. The number of hydrogen-bond donors (Lipinski definition) is 1. The Morgan fingerprint density at radius 3 is 2.73 bits per heavy atom. The first-order valence-corrected chi connectivity index (χ1v) is 9.83. The summed E-state index contributed by atoms with van der Waals surface area (Å²) in [6.07, 6.45) is 3.10. The molecule has 1 amide bonds. The molecule has 0 radical (unpaired) electrons. The van der Waals surface area contributed by atoms with Crippen molar-refractivity contribution in [2.45, 2.75) is 26.9 Å². The van der Waals surface area contributed by atoms with Gasteiger partial charge in [-0.15, -0.1) is 0 Å². The minimum absolute atomic E-state index is 0.127. The predicted molar refractivity (Wildman–Crippen MR) is 116 cm³/mol. The van der Waals surface area contributed by atoms with Gasteiger partial charge in [-0.2, -0.15) is 5.10 Å². The molecule has 0 spiro atoms. The van der Waals surface area contributed by atoms with Crippen LogP contribution >= 0.6 is 0 Å². The Kier molecular flexibility index (Phi) is 5.43. The van der Waals surface area contributed by atoms with E-state index in [1.807, 2.05) is 56.3 Å². The molecule has 1 N–H and O–H groups in total. The molecule has 2 heterocycles. The molecule has 4 rings (SSSR count). The molecule has 0 bridgehead atoms. The first-order chi connectivity index (χ1) is 14.5. The molecule has 152 valence electrons. The molecule has 0 saturated heterocycles. The highest BCUT2D eigenvalue weighted by Crippen LogP contribution is 2.10. The zero-order chi connectivity index (χ0) is 21.1. The quantitative estimate of drug-likeness (QED) is 0.539. The number of carbonyl (C=O) groups is 1. The Balaban J connectivity index is 1.47. The number of fused-ring (bicyclic) bond motifs is 1. The number of hydrogen-bond acceptors (Lipinski definition) is 4. The minimum atomic E-state index is -0.135. The van der Waals surface area contributed by atoms with Gasteiger partial charge in [-0.3, -0.25) is 14.2 Å². The molecule has 0 aliphatic heterocycles. The van der Waals surface area contributed by atoms with E-state index in [9.17, 15) is 9.59 Å². The molecular weight excluding hydrogens is 378 g/mol. The number of benzene rings is 2. The van der Waals surface area contributed by atoms with Gasteiger partial charge in [-0.1, -0.05) is 42.0 Å². The van der Waals surface area contributed by atoms with Crippen molar-refractivity contribution in [2.24, 2.45) is 0 Å². The predicted octanol–water partition coefficient (Wildman–Crippen LogP) is 2.69. The third kappa shape index (κ3) is 4.00. The van der Waals surface area contributed by atoms with Gasteiger partial charge in [-0.25, -0.2) is 9.67 Å². The topological polar surface area (TPSA) is 81.8 Å². The summed E-state index contributed by atoms with van der Waals surface area (Å²) < 4.78 is 3.24. The summed E-state index contributed by atoms with van der Waals surface area (Å²) in [4.78, 5) is 29.6.